The molecule has 1 atom stereocenters. The minimum absolute atomic E-state index is 0.166. The van der Waals surface area contributed by atoms with E-state index in [4.69, 9.17) is 0 Å². The second-order valence-electron chi connectivity index (χ2n) is 5.57. The van der Waals surface area contributed by atoms with Crippen molar-refractivity contribution in [3.8, 4) is 0 Å². The molecule has 0 aliphatic rings. The number of aliphatic hydroxyl groups excluding tert-OH is 1. The fraction of sp³-hybridized carbons (Fsp3) is 0.167. The Hall–Kier alpha value is -3.06. The van der Waals surface area contributed by atoms with Crippen LogP contribution in [-0.4, -0.2) is 25.8 Å². The topological polar surface area (TPSA) is 80.0 Å². The minimum atomic E-state index is -1.07. The van der Waals surface area contributed by atoms with Crippen molar-refractivity contribution in [1.82, 2.24) is 14.8 Å². The van der Waals surface area contributed by atoms with Gasteiger partial charge in [-0.3, -0.25) is 4.79 Å². The highest BCUT2D eigenvalue weighted by Crippen LogP contribution is 2.20. The molecule has 0 fully saturated rings. The quantitative estimate of drug-likeness (QED) is 0.723. The Bertz CT molecular complexity index is 852. The van der Waals surface area contributed by atoms with Crippen molar-refractivity contribution in [1.29, 1.82) is 0 Å². The van der Waals surface area contributed by atoms with Gasteiger partial charge in [0, 0.05) is 5.69 Å². The highest BCUT2D eigenvalue weighted by molar-refractivity contribution is 5.91. The molecular formula is C18H17FN4O2. The Labute approximate surface area is 144 Å². The average molecular weight is 340 g/mol. The lowest BCUT2D eigenvalue weighted by Crippen LogP contribution is -2.17. The molecule has 1 aromatic heterocycles. The maximum Gasteiger partial charge on any atom is 0.227 e. The van der Waals surface area contributed by atoms with Crippen molar-refractivity contribution in [3.05, 3.63) is 78.1 Å². The number of nitrogens with zero attached hydrogens (tertiary/aromatic N) is 3. The van der Waals surface area contributed by atoms with E-state index in [1.54, 1.807) is 23.1 Å². The van der Waals surface area contributed by atoms with Gasteiger partial charge in [0.1, 0.15) is 18.5 Å². The van der Waals surface area contributed by atoms with Gasteiger partial charge in [-0.25, -0.2) is 14.1 Å². The number of hydrogen-bond donors (Lipinski definition) is 2. The van der Waals surface area contributed by atoms with Crippen LogP contribution in [0.25, 0.3) is 0 Å². The third-order valence-electron chi connectivity index (χ3n) is 3.70. The summed E-state index contributed by atoms with van der Waals surface area (Å²) in [5.41, 5.74) is 1.86. The molecule has 0 saturated carbocycles. The Balaban J connectivity index is 1.67. The zero-order chi connectivity index (χ0) is 17.6. The molecule has 0 aliphatic carbocycles. The smallest absolute Gasteiger partial charge is 0.227 e. The van der Waals surface area contributed by atoms with Crippen LogP contribution < -0.4 is 5.32 Å². The van der Waals surface area contributed by atoms with E-state index in [0.717, 1.165) is 5.56 Å². The van der Waals surface area contributed by atoms with Crippen LogP contribution >= 0.6 is 0 Å². The van der Waals surface area contributed by atoms with Gasteiger partial charge in [0.2, 0.25) is 5.91 Å². The third kappa shape index (κ3) is 4.48. The predicted octanol–water partition coefficient (Wildman–Crippen LogP) is 2.53. The number of halogens is 1. The van der Waals surface area contributed by atoms with Crippen LogP contribution in [0.1, 0.15) is 23.7 Å². The van der Waals surface area contributed by atoms with Crippen LogP contribution in [0.4, 0.5) is 10.1 Å². The molecule has 3 aromatic rings. The van der Waals surface area contributed by atoms with E-state index in [2.05, 4.69) is 15.4 Å². The number of carbonyl (C=O) groups excluding carboxylic acids is 1. The van der Waals surface area contributed by atoms with E-state index in [-0.39, 0.29) is 12.3 Å². The Morgan fingerprint density at radius 2 is 2.08 bits per heavy atom. The molecule has 1 unspecified atom stereocenters. The third-order valence-corrected chi connectivity index (χ3v) is 3.70. The molecule has 6 nitrogen and oxygen atoms in total. The summed E-state index contributed by atoms with van der Waals surface area (Å²) in [5, 5.41) is 16.9. The van der Waals surface area contributed by atoms with Gasteiger partial charge in [-0.15, -0.1) is 0 Å². The SMILES string of the molecule is O=C(CC(O)c1cccc(F)c1)Nc1ccccc1Cn1cncn1. The highest BCUT2D eigenvalue weighted by Gasteiger charge is 2.15. The number of nitrogens with one attached hydrogen (secondary N) is 1. The molecule has 0 saturated heterocycles. The Morgan fingerprint density at radius 3 is 2.84 bits per heavy atom. The first-order valence-electron chi connectivity index (χ1n) is 7.75. The number of anilines is 1. The van der Waals surface area contributed by atoms with E-state index >= 15 is 0 Å². The largest absolute Gasteiger partial charge is 0.388 e. The van der Waals surface area contributed by atoms with Gasteiger partial charge in [-0.05, 0) is 29.3 Å². The number of aromatic nitrogens is 3. The molecule has 2 N–H and O–H groups in total. The van der Waals surface area contributed by atoms with Crippen molar-refractivity contribution in [2.75, 3.05) is 5.32 Å². The number of hydrogen-bond acceptors (Lipinski definition) is 4. The molecule has 7 heteroatoms. The normalized spacial score (nSPS) is 11.9. The van der Waals surface area contributed by atoms with Crippen molar-refractivity contribution in [3.63, 3.8) is 0 Å². The molecule has 1 heterocycles. The lowest BCUT2D eigenvalue weighted by Gasteiger charge is -2.14. The second-order valence-corrected chi connectivity index (χ2v) is 5.57. The summed E-state index contributed by atoms with van der Waals surface area (Å²) in [6, 6.07) is 12.9. The van der Waals surface area contributed by atoms with Gasteiger partial charge in [0.05, 0.1) is 19.1 Å². The first kappa shape index (κ1) is 16.8. The Morgan fingerprint density at radius 1 is 1.24 bits per heavy atom. The van der Waals surface area contributed by atoms with Crippen molar-refractivity contribution in [2.45, 2.75) is 19.1 Å². The fourth-order valence-electron chi connectivity index (χ4n) is 2.48. The molecule has 128 valence electrons. The number of benzene rings is 2. The van der Waals surface area contributed by atoms with Crippen molar-refractivity contribution < 1.29 is 14.3 Å². The standard InChI is InChI=1S/C18H17FN4O2/c19-15-6-3-5-13(8-15)17(24)9-18(25)22-16-7-2-1-4-14(16)10-23-12-20-11-21-23/h1-8,11-12,17,24H,9-10H2,(H,22,25). The monoisotopic (exact) mass is 340 g/mol. The van der Waals surface area contributed by atoms with Crippen LogP contribution in [0, 0.1) is 5.82 Å². The zero-order valence-electron chi connectivity index (χ0n) is 13.3. The fourth-order valence-corrected chi connectivity index (χ4v) is 2.48. The van der Waals surface area contributed by atoms with Crippen molar-refractivity contribution in [2.24, 2.45) is 0 Å². The molecule has 0 bridgehead atoms. The summed E-state index contributed by atoms with van der Waals surface area (Å²) >= 11 is 0. The van der Waals surface area contributed by atoms with Gasteiger partial charge in [0.15, 0.2) is 0 Å². The molecular weight excluding hydrogens is 323 g/mol. The maximum atomic E-state index is 13.2. The molecule has 0 radical (unpaired) electrons. The van der Waals surface area contributed by atoms with Crippen LogP contribution in [0.5, 0.6) is 0 Å². The molecule has 25 heavy (non-hydrogen) atoms. The first-order valence-corrected chi connectivity index (χ1v) is 7.75. The van der Waals surface area contributed by atoms with Crippen LogP contribution in [-0.2, 0) is 11.3 Å². The van der Waals surface area contributed by atoms with E-state index in [1.165, 1.54) is 24.5 Å². The molecule has 0 aliphatic heterocycles. The summed E-state index contributed by atoms with van der Waals surface area (Å²) in [5.74, 6) is -0.807. The van der Waals surface area contributed by atoms with Crippen molar-refractivity contribution >= 4 is 11.6 Å². The predicted molar refractivity (Wildman–Crippen MR) is 90.2 cm³/mol. The van der Waals surface area contributed by atoms with Crippen LogP contribution in [0.15, 0.2) is 61.2 Å². The highest BCUT2D eigenvalue weighted by atomic mass is 19.1. The van der Waals surface area contributed by atoms with E-state index < -0.39 is 11.9 Å². The van der Waals surface area contributed by atoms with E-state index in [9.17, 15) is 14.3 Å². The van der Waals surface area contributed by atoms with Gasteiger partial charge < -0.3 is 10.4 Å². The minimum Gasteiger partial charge on any atom is -0.388 e. The summed E-state index contributed by atoms with van der Waals surface area (Å²) in [4.78, 5) is 16.1. The van der Waals surface area contributed by atoms with Crippen LogP contribution in [0.3, 0.4) is 0 Å². The number of para-hydroxylation sites is 1. The van der Waals surface area contributed by atoms with Crippen LogP contribution in [0.2, 0.25) is 0 Å². The maximum absolute atomic E-state index is 13.2. The summed E-state index contributed by atoms with van der Waals surface area (Å²) in [7, 11) is 0. The molecule has 2 aromatic carbocycles. The molecule has 0 spiro atoms. The summed E-state index contributed by atoms with van der Waals surface area (Å²) in [6.45, 7) is 0.461. The van der Waals surface area contributed by atoms with Gasteiger partial charge >= 0.3 is 0 Å². The van der Waals surface area contributed by atoms with Gasteiger partial charge in [-0.1, -0.05) is 30.3 Å². The number of amides is 1. The summed E-state index contributed by atoms with van der Waals surface area (Å²) in [6.07, 6.45) is 1.79. The average Bonchev–Trinajstić information content (AvgIpc) is 3.09. The first-order chi connectivity index (χ1) is 12.1. The van der Waals surface area contributed by atoms with Gasteiger partial charge in [-0.2, -0.15) is 5.10 Å². The lowest BCUT2D eigenvalue weighted by atomic mass is 10.1. The Kier molecular flexibility index (Phi) is 5.15. The molecule has 1 amide bonds. The number of aliphatic hydroxyl groups is 1. The molecule has 3 rings (SSSR count). The zero-order valence-corrected chi connectivity index (χ0v) is 13.3. The van der Waals surface area contributed by atoms with Gasteiger partial charge in [0.25, 0.3) is 0 Å². The van der Waals surface area contributed by atoms with E-state index in [1.807, 2.05) is 18.2 Å². The van der Waals surface area contributed by atoms with E-state index in [0.29, 0.717) is 17.8 Å². The second kappa shape index (κ2) is 7.67. The lowest BCUT2D eigenvalue weighted by molar-refractivity contribution is -0.118. The number of rotatable bonds is 6. The summed E-state index contributed by atoms with van der Waals surface area (Å²) < 4.78 is 14.9. The number of carbonyl (C=O) groups is 1.